The van der Waals surface area contributed by atoms with Gasteiger partial charge in [-0.15, -0.1) is 0 Å². The molecule has 0 aliphatic carbocycles. The number of aromatic nitrogens is 1. The summed E-state index contributed by atoms with van der Waals surface area (Å²) in [5.41, 5.74) is 2.16. The maximum atomic E-state index is 13.4. The molecule has 2 aromatic carbocycles. The molecule has 0 amide bonds. The molecule has 0 saturated carbocycles. The van der Waals surface area contributed by atoms with Crippen LogP contribution < -0.4 is 5.56 Å². The summed E-state index contributed by atoms with van der Waals surface area (Å²) < 4.78 is 14.9. The summed E-state index contributed by atoms with van der Waals surface area (Å²) in [4.78, 5) is 12.7. The van der Waals surface area contributed by atoms with E-state index in [1.807, 2.05) is 52.0 Å². The summed E-state index contributed by atoms with van der Waals surface area (Å²) in [6.07, 6.45) is 0. The van der Waals surface area contributed by atoms with Gasteiger partial charge in [-0.05, 0) is 49.1 Å². The third-order valence-electron chi connectivity index (χ3n) is 3.51. The Labute approximate surface area is 129 Å². The van der Waals surface area contributed by atoms with Gasteiger partial charge in [0, 0.05) is 5.69 Å². The van der Waals surface area contributed by atoms with Crippen LogP contribution in [0.5, 0.6) is 0 Å². The van der Waals surface area contributed by atoms with Crippen LogP contribution in [0.2, 0.25) is 0 Å². The molecule has 3 rings (SSSR count). The van der Waals surface area contributed by atoms with Gasteiger partial charge in [-0.25, -0.2) is 4.39 Å². The predicted octanol–water partition coefficient (Wildman–Crippen LogP) is 4.77. The molecule has 0 unspecified atom stereocenters. The fraction of sp³-hybridized carbons (Fsp3) is 0.211. The maximum Gasteiger partial charge on any atom is 0.263 e. The van der Waals surface area contributed by atoms with Gasteiger partial charge >= 0.3 is 0 Å². The molecule has 0 saturated heterocycles. The zero-order chi connectivity index (χ0) is 16.3. The first-order chi connectivity index (χ1) is 10.6. The Balaban J connectivity index is 0.000000847. The number of aryl methyl sites for hydroxylation is 2. The standard InChI is InChI=1S/C17H14FNO.C2H6/c1-11-5-3-6-13-9-12(2)19(17(20)16(11)13)15-8-4-7-14(18)10-15;1-2/h3-10H,1-2H3;1-2H3. The summed E-state index contributed by atoms with van der Waals surface area (Å²) in [6, 6.07) is 13.8. The largest absolute Gasteiger partial charge is 0.281 e. The van der Waals surface area contributed by atoms with Crippen LogP contribution in [0.3, 0.4) is 0 Å². The number of hydrogen-bond donors (Lipinski definition) is 0. The predicted molar refractivity (Wildman–Crippen MR) is 90.3 cm³/mol. The highest BCUT2D eigenvalue weighted by molar-refractivity contribution is 5.85. The lowest BCUT2D eigenvalue weighted by atomic mass is 10.1. The zero-order valence-electron chi connectivity index (χ0n) is 13.4. The fourth-order valence-corrected chi connectivity index (χ4v) is 2.60. The topological polar surface area (TPSA) is 22.0 Å². The lowest BCUT2D eigenvalue weighted by Crippen LogP contribution is -2.21. The van der Waals surface area contributed by atoms with Gasteiger partial charge in [0.2, 0.25) is 0 Å². The van der Waals surface area contributed by atoms with Crippen molar-refractivity contribution in [2.24, 2.45) is 0 Å². The van der Waals surface area contributed by atoms with Crippen LogP contribution in [0.1, 0.15) is 25.1 Å². The molecule has 0 radical (unpaired) electrons. The lowest BCUT2D eigenvalue weighted by molar-refractivity contribution is 0.626. The number of rotatable bonds is 1. The molecule has 3 heteroatoms. The van der Waals surface area contributed by atoms with Crippen molar-refractivity contribution in [2.45, 2.75) is 27.7 Å². The van der Waals surface area contributed by atoms with Crippen LogP contribution in [0, 0.1) is 19.7 Å². The van der Waals surface area contributed by atoms with Crippen LogP contribution in [-0.4, -0.2) is 4.57 Å². The average molecular weight is 297 g/mol. The second kappa shape index (κ2) is 6.56. The Morgan fingerprint density at radius 1 is 0.955 bits per heavy atom. The van der Waals surface area contributed by atoms with E-state index in [9.17, 15) is 9.18 Å². The number of pyridine rings is 1. The highest BCUT2D eigenvalue weighted by Crippen LogP contribution is 2.18. The van der Waals surface area contributed by atoms with Gasteiger partial charge in [-0.1, -0.05) is 38.1 Å². The Bertz CT molecular complexity index is 865. The van der Waals surface area contributed by atoms with Crippen molar-refractivity contribution in [3.63, 3.8) is 0 Å². The van der Waals surface area contributed by atoms with Crippen molar-refractivity contribution in [3.8, 4) is 5.69 Å². The van der Waals surface area contributed by atoms with E-state index in [0.29, 0.717) is 11.1 Å². The van der Waals surface area contributed by atoms with Gasteiger partial charge in [0.25, 0.3) is 5.56 Å². The number of benzene rings is 2. The van der Waals surface area contributed by atoms with Crippen molar-refractivity contribution >= 4 is 10.8 Å². The highest BCUT2D eigenvalue weighted by Gasteiger charge is 2.10. The monoisotopic (exact) mass is 297 g/mol. The Morgan fingerprint density at radius 3 is 2.32 bits per heavy atom. The molecule has 1 heterocycles. The number of halogens is 1. The summed E-state index contributed by atoms with van der Waals surface area (Å²) in [5.74, 6) is -0.348. The first kappa shape index (κ1) is 16.0. The molecule has 3 aromatic rings. The summed E-state index contributed by atoms with van der Waals surface area (Å²) in [7, 11) is 0. The van der Waals surface area contributed by atoms with Crippen molar-refractivity contribution in [1.29, 1.82) is 0 Å². The maximum absolute atomic E-state index is 13.4. The van der Waals surface area contributed by atoms with Gasteiger partial charge in [0.05, 0.1) is 11.1 Å². The molecule has 0 spiro atoms. The van der Waals surface area contributed by atoms with Crippen LogP contribution >= 0.6 is 0 Å². The Hall–Kier alpha value is -2.42. The molecule has 0 N–H and O–H groups in total. The molecule has 22 heavy (non-hydrogen) atoms. The van der Waals surface area contributed by atoms with Gasteiger partial charge in [0.1, 0.15) is 5.82 Å². The second-order valence-corrected chi connectivity index (χ2v) is 4.95. The molecule has 2 nitrogen and oxygen atoms in total. The van der Waals surface area contributed by atoms with Crippen LogP contribution in [0.4, 0.5) is 4.39 Å². The highest BCUT2D eigenvalue weighted by atomic mass is 19.1. The van der Waals surface area contributed by atoms with E-state index in [1.165, 1.54) is 12.1 Å². The van der Waals surface area contributed by atoms with E-state index < -0.39 is 0 Å². The Morgan fingerprint density at radius 2 is 1.64 bits per heavy atom. The minimum atomic E-state index is -0.348. The van der Waals surface area contributed by atoms with Crippen molar-refractivity contribution in [3.05, 3.63) is 76.0 Å². The second-order valence-electron chi connectivity index (χ2n) is 4.95. The number of fused-ring (bicyclic) bond motifs is 1. The molecule has 0 fully saturated rings. The van der Waals surface area contributed by atoms with Gasteiger partial charge in [-0.2, -0.15) is 0 Å². The number of nitrogens with zero attached hydrogens (tertiary/aromatic N) is 1. The summed E-state index contributed by atoms with van der Waals surface area (Å²) >= 11 is 0. The van der Waals surface area contributed by atoms with E-state index in [1.54, 1.807) is 16.7 Å². The first-order valence-corrected chi connectivity index (χ1v) is 7.46. The van der Waals surface area contributed by atoms with Crippen molar-refractivity contribution < 1.29 is 4.39 Å². The van der Waals surface area contributed by atoms with E-state index in [-0.39, 0.29) is 11.4 Å². The zero-order valence-corrected chi connectivity index (χ0v) is 13.4. The number of hydrogen-bond acceptors (Lipinski definition) is 1. The average Bonchev–Trinajstić information content (AvgIpc) is 2.49. The van der Waals surface area contributed by atoms with Crippen LogP contribution in [-0.2, 0) is 0 Å². The molecule has 0 aliphatic rings. The summed E-state index contributed by atoms with van der Waals surface area (Å²) in [5, 5.41) is 1.60. The van der Waals surface area contributed by atoms with E-state index in [0.717, 1.165) is 16.6 Å². The molecular weight excluding hydrogens is 277 g/mol. The molecular formula is C19H20FNO. The van der Waals surface area contributed by atoms with Crippen molar-refractivity contribution in [1.82, 2.24) is 4.57 Å². The molecule has 0 atom stereocenters. The quantitative estimate of drug-likeness (QED) is 0.634. The molecule has 114 valence electrons. The van der Waals surface area contributed by atoms with Gasteiger partial charge < -0.3 is 0 Å². The third kappa shape index (κ3) is 2.80. The molecule has 0 bridgehead atoms. The minimum absolute atomic E-state index is 0.108. The van der Waals surface area contributed by atoms with Gasteiger partial charge in [0.15, 0.2) is 0 Å². The molecule has 0 aliphatic heterocycles. The van der Waals surface area contributed by atoms with E-state index >= 15 is 0 Å². The normalized spacial score (nSPS) is 10.2. The molecule has 1 aromatic heterocycles. The smallest absolute Gasteiger partial charge is 0.263 e. The lowest BCUT2D eigenvalue weighted by Gasteiger charge is -2.12. The van der Waals surface area contributed by atoms with E-state index in [2.05, 4.69) is 0 Å². The van der Waals surface area contributed by atoms with Crippen molar-refractivity contribution in [2.75, 3.05) is 0 Å². The minimum Gasteiger partial charge on any atom is -0.281 e. The fourth-order valence-electron chi connectivity index (χ4n) is 2.60. The Kier molecular flexibility index (Phi) is 4.76. The first-order valence-electron chi connectivity index (χ1n) is 7.46. The van der Waals surface area contributed by atoms with Crippen LogP contribution in [0.15, 0.2) is 53.3 Å². The van der Waals surface area contributed by atoms with Gasteiger partial charge in [-0.3, -0.25) is 9.36 Å². The SMILES string of the molecule is CC.Cc1cccc2cc(C)n(-c3cccc(F)c3)c(=O)c12. The third-order valence-corrected chi connectivity index (χ3v) is 3.51. The van der Waals surface area contributed by atoms with E-state index in [4.69, 9.17) is 0 Å². The summed E-state index contributed by atoms with van der Waals surface area (Å²) in [6.45, 7) is 7.77. The van der Waals surface area contributed by atoms with Crippen LogP contribution in [0.25, 0.3) is 16.5 Å².